The van der Waals surface area contributed by atoms with E-state index in [2.05, 4.69) is 29.3 Å². The molecule has 1 N–H and O–H groups in total. The van der Waals surface area contributed by atoms with Crippen molar-refractivity contribution in [3.8, 4) is 11.5 Å². The number of nitrogens with one attached hydrogen (secondary N) is 1. The van der Waals surface area contributed by atoms with Crippen molar-refractivity contribution in [1.29, 1.82) is 0 Å². The average molecular weight is 292 g/mol. The topological polar surface area (TPSA) is 33.7 Å². The van der Waals surface area contributed by atoms with Crippen LogP contribution in [0, 0.1) is 0 Å². The highest BCUT2D eigenvalue weighted by Gasteiger charge is 2.18. The fourth-order valence-electron chi connectivity index (χ4n) is 2.87. The molecule has 1 aliphatic rings. The molecule has 0 amide bonds. The lowest BCUT2D eigenvalue weighted by molar-refractivity contribution is 0.198. The van der Waals surface area contributed by atoms with Crippen LogP contribution in [0.2, 0.25) is 0 Å². The summed E-state index contributed by atoms with van der Waals surface area (Å²) < 4.78 is 11.0. The Morgan fingerprint density at radius 1 is 1.29 bits per heavy atom. The van der Waals surface area contributed by atoms with Crippen molar-refractivity contribution in [3.63, 3.8) is 0 Å². The lowest BCUT2D eigenvalue weighted by atomic mass is 10.1. The molecule has 1 aromatic rings. The van der Waals surface area contributed by atoms with E-state index in [9.17, 15) is 0 Å². The van der Waals surface area contributed by atoms with Crippen molar-refractivity contribution in [2.24, 2.45) is 0 Å². The smallest absolute Gasteiger partial charge is 0.161 e. The Balaban J connectivity index is 1.91. The van der Waals surface area contributed by atoms with Crippen molar-refractivity contribution in [2.75, 3.05) is 33.4 Å². The predicted octanol–water partition coefficient (Wildman–Crippen LogP) is 2.67. The summed E-state index contributed by atoms with van der Waals surface area (Å²) in [5.74, 6) is 1.63. The lowest BCUT2D eigenvalue weighted by Gasteiger charge is -2.32. The third-order valence-electron chi connectivity index (χ3n) is 4.08. The van der Waals surface area contributed by atoms with Gasteiger partial charge in [0.05, 0.1) is 13.7 Å². The van der Waals surface area contributed by atoms with Gasteiger partial charge in [-0.2, -0.15) is 0 Å². The van der Waals surface area contributed by atoms with Crippen LogP contribution in [0.3, 0.4) is 0 Å². The van der Waals surface area contributed by atoms with Crippen LogP contribution in [-0.2, 0) is 6.54 Å². The van der Waals surface area contributed by atoms with Crippen LogP contribution in [-0.4, -0.2) is 44.3 Å². The number of methoxy groups -OCH3 is 1. The predicted molar refractivity (Wildman–Crippen MR) is 86.1 cm³/mol. The van der Waals surface area contributed by atoms with Crippen molar-refractivity contribution >= 4 is 0 Å². The third kappa shape index (κ3) is 4.61. The first-order chi connectivity index (χ1) is 10.3. The average Bonchev–Trinajstić information content (AvgIpc) is 2.53. The Kier molecular flexibility index (Phi) is 6.33. The number of hydrogen-bond donors (Lipinski definition) is 1. The van der Waals surface area contributed by atoms with Gasteiger partial charge in [0, 0.05) is 19.1 Å². The molecule has 4 nitrogen and oxygen atoms in total. The second-order valence-electron chi connectivity index (χ2n) is 5.53. The van der Waals surface area contributed by atoms with E-state index in [1.165, 1.54) is 24.9 Å². The van der Waals surface area contributed by atoms with E-state index in [1.807, 2.05) is 13.0 Å². The molecule has 118 valence electrons. The Labute approximate surface area is 128 Å². The van der Waals surface area contributed by atoms with Crippen LogP contribution >= 0.6 is 0 Å². The van der Waals surface area contributed by atoms with Crippen molar-refractivity contribution < 1.29 is 9.47 Å². The molecule has 1 fully saturated rings. The fraction of sp³-hybridized carbons (Fsp3) is 0.647. The molecule has 1 aliphatic heterocycles. The molecule has 0 spiro atoms. The van der Waals surface area contributed by atoms with Gasteiger partial charge >= 0.3 is 0 Å². The zero-order valence-electron chi connectivity index (χ0n) is 13.5. The standard InChI is InChI=1S/C17H28N2O2/c1-4-19-10-6-7-15(13-19)18-12-14-8-9-16(20-3)17(11-14)21-5-2/h8-9,11,15,18H,4-7,10,12-13H2,1-3H3. The minimum atomic E-state index is 0.594. The van der Waals surface area contributed by atoms with Crippen molar-refractivity contribution in [2.45, 2.75) is 39.3 Å². The first kappa shape index (κ1) is 16.1. The van der Waals surface area contributed by atoms with Crippen molar-refractivity contribution in [1.82, 2.24) is 10.2 Å². The summed E-state index contributed by atoms with van der Waals surface area (Å²) in [7, 11) is 1.68. The zero-order valence-corrected chi connectivity index (χ0v) is 13.5. The molecule has 0 aliphatic carbocycles. The van der Waals surface area contributed by atoms with E-state index in [0.717, 1.165) is 31.1 Å². The summed E-state index contributed by atoms with van der Waals surface area (Å²) in [5, 5.41) is 3.67. The molecule has 0 bridgehead atoms. The van der Waals surface area contributed by atoms with Crippen LogP contribution < -0.4 is 14.8 Å². The highest BCUT2D eigenvalue weighted by molar-refractivity contribution is 5.42. The minimum Gasteiger partial charge on any atom is -0.493 e. The van der Waals surface area contributed by atoms with Crippen LogP contribution in [0.4, 0.5) is 0 Å². The first-order valence-corrected chi connectivity index (χ1v) is 8.02. The van der Waals surface area contributed by atoms with Gasteiger partial charge < -0.3 is 19.7 Å². The van der Waals surface area contributed by atoms with Crippen LogP contribution in [0.5, 0.6) is 11.5 Å². The van der Waals surface area contributed by atoms with E-state index in [0.29, 0.717) is 12.6 Å². The maximum absolute atomic E-state index is 5.63. The van der Waals surface area contributed by atoms with Gasteiger partial charge in [0.25, 0.3) is 0 Å². The van der Waals surface area contributed by atoms with E-state index in [-0.39, 0.29) is 0 Å². The first-order valence-electron chi connectivity index (χ1n) is 8.02. The largest absolute Gasteiger partial charge is 0.493 e. The molecule has 21 heavy (non-hydrogen) atoms. The molecule has 0 aromatic heterocycles. The quantitative estimate of drug-likeness (QED) is 0.838. The number of benzene rings is 1. The molecule has 4 heteroatoms. The Morgan fingerprint density at radius 2 is 2.14 bits per heavy atom. The number of ether oxygens (including phenoxy) is 2. The molecule has 0 saturated carbocycles. The highest BCUT2D eigenvalue weighted by Crippen LogP contribution is 2.28. The monoisotopic (exact) mass is 292 g/mol. The Morgan fingerprint density at radius 3 is 2.86 bits per heavy atom. The van der Waals surface area contributed by atoms with Gasteiger partial charge in [0.2, 0.25) is 0 Å². The molecule has 1 saturated heterocycles. The van der Waals surface area contributed by atoms with Crippen LogP contribution in [0.1, 0.15) is 32.3 Å². The van der Waals surface area contributed by atoms with Gasteiger partial charge in [0.15, 0.2) is 11.5 Å². The second kappa shape index (κ2) is 8.25. The highest BCUT2D eigenvalue weighted by atomic mass is 16.5. The SMILES string of the molecule is CCOc1cc(CNC2CCCN(CC)C2)ccc1OC. The Bertz CT molecular complexity index is 437. The maximum Gasteiger partial charge on any atom is 0.161 e. The summed E-state index contributed by atoms with van der Waals surface area (Å²) in [6.45, 7) is 9.31. The van der Waals surface area contributed by atoms with Gasteiger partial charge in [0.1, 0.15) is 0 Å². The normalized spacial score (nSPS) is 19.5. The molecule has 1 aromatic carbocycles. The summed E-state index contributed by atoms with van der Waals surface area (Å²) >= 11 is 0. The number of likely N-dealkylation sites (N-methyl/N-ethyl adjacent to an activating group) is 1. The molecule has 1 heterocycles. The summed E-state index contributed by atoms with van der Waals surface area (Å²) in [6.07, 6.45) is 2.56. The fourth-order valence-corrected chi connectivity index (χ4v) is 2.87. The van der Waals surface area contributed by atoms with E-state index < -0.39 is 0 Å². The number of hydrogen-bond acceptors (Lipinski definition) is 4. The maximum atomic E-state index is 5.63. The van der Waals surface area contributed by atoms with Gasteiger partial charge in [-0.3, -0.25) is 0 Å². The Hall–Kier alpha value is -1.26. The zero-order chi connectivity index (χ0) is 15.1. The van der Waals surface area contributed by atoms with Gasteiger partial charge in [-0.05, 0) is 50.6 Å². The summed E-state index contributed by atoms with van der Waals surface area (Å²) in [6, 6.07) is 6.77. The molecular formula is C17H28N2O2. The van der Waals surface area contributed by atoms with Crippen LogP contribution in [0.15, 0.2) is 18.2 Å². The molecule has 2 rings (SSSR count). The molecule has 0 radical (unpaired) electrons. The number of piperidine rings is 1. The van der Waals surface area contributed by atoms with Gasteiger partial charge in [-0.15, -0.1) is 0 Å². The number of rotatable bonds is 7. The second-order valence-corrected chi connectivity index (χ2v) is 5.53. The minimum absolute atomic E-state index is 0.594. The van der Waals surface area contributed by atoms with Crippen LogP contribution in [0.25, 0.3) is 0 Å². The van der Waals surface area contributed by atoms with Crippen molar-refractivity contribution in [3.05, 3.63) is 23.8 Å². The lowest BCUT2D eigenvalue weighted by Crippen LogP contribution is -2.45. The molecule has 1 unspecified atom stereocenters. The number of likely N-dealkylation sites (tertiary alicyclic amines) is 1. The number of nitrogens with zero attached hydrogens (tertiary/aromatic N) is 1. The summed E-state index contributed by atoms with van der Waals surface area (Å²) in [5.41, 5.74) is 1.24. The van der Waals surface area contributed by atoms with Gasteiger partial charge in [-0.25, -0.2) is 0 Å². The van der Waals surface area contributed by atoms with E-state index >= 15 is 0 Å². The summed E-state index contributed by atoms with van der Waals surface area (Å²) in [4.78, 5) is 2.51. The third-order valence-corrected chi connectivity index (χ3v) is 4.08. The van der Waals surface area contributed by atoms with Gasteiger partial charge in [-0.1, -0.05) is 13.0 Å². The van der Waals surface area contributed by atoms with E-state index in [1.54, 1.807) is 7.11 Å². The molecular weight excluding hydrogens is 264 g/mol. The molecule has 1 atom stereocenters. The van der Waals surface area contributed by atoms with E-state index in [4.69, 9.17) is 9.47 Å².